The molecule has 0 spiro atoms. The molecule has 2 aromatic rings. The molecule has 4 nitrogen and oxygen atoms in total. The van der Waals surface area contributed by atoms with E-state index in [0.29, 0.717) is 6.54 Å². The lowest BCUT2D eigenvalue weighted by molar-refractivity contribution is -0.120. The van der Waals surface area contributed by atoms with Crippen LogP contribution in [0.1, 0.15) is 24.1 Å². The lowest BCUT2D eigenvalue weighted by Gasteiger charge is -2.04. The Bertz CT molecular complexity index is 622. The van der Waals surface area contributed by atoms with Gasteiger partial charge >= 0.3 is 0 Å². The van der Waals surface area contributed by atoms with Crippen molar-refractivity contribution in [2.24, 2.45) is 0 Å². The Hall–Kier alpha value is -2.28. The summed E-state index contributed by atoms with van der Waals surface area (Å²) in [5.74, 6) is -0.0564. The molecule has 4 heteroatoms. The summed E-state index contributed by atoms with van der Waals surface area (Å²) in [5, 5.41) is 12.5. The molecule has 0 aliphatic rings. The number of carbonyl (C=O) groups excluding carboxylic acids is 1. The molecule has 1 aromatic carbocycles. The van der Waals surface area contributed by atoms with Crippen molar-refractivity contribution in [3.05, 3.63) is 35.5 Å². The summed E-state index contributed by atoms with van der Waals surface area (Å²) in [4.78, 5) is 14.8. The van der Waals surface area contributed by atoms with E-state index in [1.807, 2.05) is 25.1 Å². The van der Waals surface area contributed by atoms with E-state index in [-0.39, 0.29) is 18.7 Å². The van der Waals surface area contributed by atoms with Gasteiger partial charge in [-0.1, -0.05) is 18.2 Å². The fourth-order valence-electron chi connectivity index (χ4n) is 2.24. The van der Waals surface area contributed by atoms with Crippen LogP contribution in [-0.4, -0.2) is 17.4 Å². The first-order valence-electron chi connectivity index (χ1n) is 6.42. The smallest absolute Gasteiger partial charge is 0.221 e. The fourth-order valence-corrected chi connectivity index (χ4v) is 2.24. The quantitative estimate of drug-likeness (QED) is 0.861. The van der Waals surface area contributed by atoms with E-state index in [2.05, 4.69) is 22.4 Å². The lowest BCUT2D eigenvalue weighted by Crippen LogP contribution is -2.25. The normalized spacial score (nSPS) is 10.3. The molecule has 0 unspecified atom stereocenters. The summed E-state index contributed by atoms with van der Waals surface area (Å²) in [6.07, 6.45) is 1.36. The zero-order valence-electron chi connectivity index (χ0n) is 11.0. The van der Waals surface area contributed by atoms with Gasteiger partial charge in [0.25, 0.3) is 0 Å². The van der Waals surface area contributed by atoms with Crippen molar-refractivity contribution in [2.45, 2.75) is 26.2 Å². The fraction of sp³-hybridized carbons (Fsp3) is 0.333. The molecule has 0 fully saturated rings. The number of nitrogens with one attached hydrogen (secondary N) is 2. The first kappa shape index (κ1) is 13.2. The predicted molar refractivity (Wildman–Crippen MR) is 74.6 cm³/mol. The second-order valence-corrected chi connectivity index (χ2v) is 4.53. The van der Waals surface area contributed by atoms with Crippen LogP contribution in [-0.2, 0) is 11.2 Å². The Kier molecular flexibility index (Phi) is 4.19. The Morgan fingerprint density at radius 3 is 3.00 bits per heavy atom. The molecule has 0 aliphatic heterocycles. The number of hydrogen-bond donors (Lipinski definition) is 2. The van der Waals surface area contributed by atoms with Gasteiger partial charge in [0.1, 0.15) is 0 Å². The number of carbonyl (C=O) groups is 1. The van der Waals surface area contributed by atoms with Gasteiger partial charge in [0.2, 0.25) is 5.91 Å². The lowest BCUT2D eigenvalue weighted by atomic mass is 10.1. The Labute approximate surface area is 112 Å². The van der Waals surface area contributed by atoms with E-state index in [1.165, 1.54) is 10.9 Å². The van der Waals surface area contributed by atoms with Crippen LogP contribution in [0.15, 0.2) is 24.3 Å². The van der Waals surface area contributed by atoms with Crippen molar-refractivity contribution in [1.82, 2.24) is 10.3 Å². The number of fused-ring (bicyclic) bond motifs is 1. The highest BCUT2D eigenvalue weighted by molar-refractivity contribution is 5.84. The molecule has 98 valence electrons. The minimum Gasteiger partial charge on any atom is -0.358 e. The van der Waals surface area contributed by atoms with Crippen molar-refractivity contribution in [1.29, 1.82) is 5.26 Å². The molecule has 0 atom stereocenters. The highest BCUT2D eigenvalue weighted by atomic mass is 16.1. The number of H-pyrrole nitrogens is 1. The highest BCUT2D eigenvalue weighted by Crippen LogP contribution is 2.21. The third kappa shape index (κ3) is 3.14. The van der Waals surface area contributed by atoms with Crippen molar-refractivity contribution >= 4 is 16.8 Å². The number of hydrogen-bond acceptors (Lipinski definition) is 2. The summed E-state index contributed by atoms with van der Waals surface area (Å²) < 4.78 is 0. The molecule has 1 aromatic heterocycles. The third-order valence-corrected chi connectivity index (χ3v) is 3.19. The van der Waals surface area contributed by atoms with E-state index in [9.17, 15) is 4.79 Å². The van der Waals surface area contributed by atoms with Crippen LogP contribution < -0.4 is 5.32 Å². The van der Waals surface area contributed by atoms with Gasteiger partial charge < -0.3 is 10.3 Å². The molecule has 1 heterocycles. The summed E-state index contributed by atoms with van der Waals surface area (Å²) in [6, 6.07) is 10.1. The molecule has 19 heavy (non-hydrogen) atoms. The van der Waals surface area contributed by atoms with E-state index in [0.717, 1.165) is 17.6 Å². The van der Waals surface area contributed by atoms with Crippen LogP contribution >= 0.6 is 0 Å². The summed E-state index contributed by atoms with van der Waals surface area (Å²) in [5.41, 5.74) is 3.52. The number of para-hydroxylation sites is 1. The van der Waals surface area contributed by atoms with Gasteiger partial charge in [-0.05, 0) is 25.0 Å². The van der Waals surface area contributed by atoms with Crippen molar-refractivity contribution < 1.29 is 4.79 Å². The largest absolute Gasteiger partial charge is 0.358 e. The molecule has 0 saturated heterocycles. The first-order valence-corrected chi connectivity index (χ1v) is 6.42. The SMILES string of the molecule is Cc1[nH]c2ccccc2c1CCNC(=O)CCC#N. The molecule has 1 amide bonds. The minimum absolute atomic E-state index is 0.0564. The van der Waals surface area contributed by atoms with Crippen molar-refractivity contribution in [3.63, 3.8) is 0 Å². The standard InChI is InChI=1S/C15H17N3O/c1-11-12(8-10-17-15(19)7-4-9-16)13-5-2-3-6-14(13)18-11/h2-3,5-6,18H,4,7-8,10H2,1H3,(H,17,19). The summed E-state index contributed by atoms with van der Waals surface area (Å²) in [6.45, 7) is 2.65. The summed E-state index contributed by atoms with van der Waals surface area (Å²) in [7, 11) is 0. The Morgan fingerprint density at radius 1 is 1.42 bits per heavy atom. The van der Waals surface area contributed by atoms with Gasteiger partial charge in [0.15, 0.2) is 0 Å². The van der Waals surface area contributed by atoms with Crippen molar-refractivity contribution in [3.8, 4) is 6.07 Å². The molecule has 2 N–H and O–H groups in total. The van der Waals surface area contributed by atoms with Gasteiger partial charge in [-0.25, -0.2) is 0 Å². The number of benzene rings is 1. The third-order valence-electron chi connectivity index (χ3n) is 3.19. The molecule has 2 rings (SSSR count). The zero-order valence-corrected chi connectivity index (χ0v) is 11.0. The molecule has 0 radical (unpaired) electrons. The van der Waals surface area contributed by atoms with Crippen LogP contribution in [0.4, 0.5) is 0 Å². The van der Waals surface area contributed by atoms with E-state index < -0.39 is 0 Å². The number of aryl methyl sites for hydroxylation is 1. The van der Waals surface area contributed by atoms with Crippen LogP contribution in [0.5, 0.6) is 0 Å². The van der Waals surface area contributed by atoms with E-state index in [1.54, 1.807) is 0 Å². The number of aromatic amines is 1. The molecule has 0 bridgehead atoms. The Morgan fingerprint density at radius 2 is 2.21 bits per heavy atom. The number of nitrogens with zero attached hydrogens (tertiary/aromatic N) is 1. The van der Waals surface area contributed by atoms with Gasteiger partial charge in [0, 0.05) is 36.0 Å². The number of aromatic nitrogens is 1. The first-order chi connectivity index (χ1) is 9.22. The summed E-state index contributed by atoms with van der Waals surface area (Å²) >= 11 is 0. The monoisotopic (exact) mass is 255 g/mol. The molecule has 0 aliphatic carbocycles. The van der Waals surface area contributed by atoms with Crippen LogP contribution in [0.25, 0.3) is 10.9 Å². The van der Waals surface area contributed by atoms with Crippen LogP contribution in [0, 0.1) is 18.3 Å². The van der Waals surface area contributed by atoms with Crippen LogP contribution in [0.3, 0.4) is 0 Å². The topological polar surface area (TPSA) is 68.7 Å². The van der Waals surface area contributed by atoms with E-state index >= 15 is 0 Å². The minimum atomic E-state index is -0.0564. The number of nitriles is 1. The average molecular weight is 255 g/mol. The maximum Gasteiger partial charge on any atom is 0.221 e. The highest BCUT2D eigenvalue weighted by Gasteiger charge is 2.08. The van der Waals surface area contributed by atoms with Gasteiger partial charge in [0.05, 0.1) is 6.07 Å². The van der Waals surface area contributed by atoms with Gasteiger partial charge in [-0.2, -0.15) is 5.26 Å². The molecule has 0 saturated carbocycles. The van der Waals surface area contributed by atoms with Gasteiger partial charge in [-0.15, -0.1) is 0 Å². The molecular formula is C15H17N3O. The van der Waals surface area contributed by atoms with E-state index in [4.69, 9.17) is 5.26 Å². The second kappa shape index (κ2) is 6.05. The maximum absolute atomic E-state index is 11.4. The predicted octanol–water partition coefficient (Wildman–Crippen LogP) is 2.44. The second-order valence-electron chi connectivity index (χ2n) is 4.53. The van der Waals surface area contributed by atoms with Crippen molar-refractivity contribution in [2.75, 3.05) is 6.54 Å². The maximum atomic E-state index is 11.4. The average Bonchev–Trinajstić information content (AvgIpc) is 2.73. The zero-order chi connectivity index (χ0) is 13.7. The van der Waals surface area contributed by atoms with Crippen LogP contribution in [0.2, 0.25) is 0 Å². The van der Waals surface area contributed by atoms with Gasteiger partial charge in [-0.3, -0.25) is 4.79 Å². The Balaban J connectivity index is 1.97. The molecular weight excluding hydrogens is 238 g/mol. The number of amides is 1. The number of rotatable bonds is 5.